The predicted octanol–water partition coefficient (Wildman–Crippen LogP) is 6.16. The smallest absolute Gasteiger partial charge is 0.168 e. The molecule has 0 spiro atoms. The van der Waals surface area contributed by atoms with Crippen LogP contribution in [0.4, 0.5) is 0 Å². The highest BCUT2D eigenvalue weighted by molar-refractivity contribution is 5.76. The lowest BCUT2D eigenvalue weighted by Gasteiger charge is -2.10. The Morgan fingerprint density at radius 2 is 1.60 bits per heavy atom. The van der Waals surface area contributed by atoms with E-state index in [9.17, 15) is 0 Å². The predicted molar refractivity (Wildman–Crippen MR) is 110 cm³/mol. The second kappa shape index (κ2) is 10.8. The van der Waals surface area contributed by atoms with Crippen LogP contribution in [0.25, 0.3) is 22.7 Å². The molecule has 0 aliphatic rings. The molecule has 1 heterocycles. The molecular formula is C22H27N3. The first-order valence-electron chi connectivity index (χ1n) is 8.33. The first-order valence-corrected chi connectivity index (χ1v) is 8.33. The van der Waals surface area contributed by atoms with Gasteiger partial charge in [0.15, 0.2) is 11.6 Å². The van der Waals surface area contributed by atoms with Gasteiger partial charge in [-0.1, -0.05) is 73.9 Å². The van der Waals surface area contributed by atoms with Crippen LogP contribution in [0.3, 0.4) is 0 Å². The molecule has 25 heavy (non-hydrogen) atoms. The normalized spacial score (nSPS) is 11.4. The molecule has 0 fully saturated rings. The van der Waals surface area contributed by atoms with E-state index >= 15 is 0 Å². The van der Waals surface area contributed by atoms with Gasteiger partial charge in [-0.3, -0.25) is 4.57 Å². The number of rotatable bonds is 5. The summed E-state index contributed by atoms with van der Waals surface area (Å²) in [5, 5.41) is 8.67. The Hall–Kier alpha value is -2.94. The Bertz CT molecular complexity index is 771. The Kier molecular flexibility index (Phi) is 8.66. The van der Waals surface area contributed by atoms with E-state index < -0.39 is 0 Å². The second-order valence-electron chi connectivity index (χ2n) is 5.15. The van der Waals surface area contributed by atoms with Crippen molar-refractivity contribution in [2.24, 2.45) is 0 Å². The maximum Gasteiger partial charge on any atom is 0.168 e. The van der Waals surface area contributed by atoms with E-state index in [4.69, 9.17) is 0 Å². The van der Waals surface area contributed by atoms with Crippen molar-refractivity contribution in [2.45, 2.75) is 27.7 Å². The van der Waals surface area contributed by atoms with Gasteiger partial charge in [0.25, 0.3) is 0 Å². The monoisotopic (exact) mass is 333 g/mol. The van der Waals surface area contributed by atoms with Crippen LogP contribution in [0.5, 0.6) is 0 Å². The van der Waals surface area contributed by atoms with E-state index in [0.717, 1.165) is 28.5 Å². The fourth-order valence-electron chi connectivity index (χ4n) is 2.09. The maximum absolute atomic E-state index is 4.34. The highest BCUT2D eigenvalue weighted by Gasteiger charge is 2.16. The Morgan fingerprint density at radius 1 is 0.960 bits per heavy atom. The van der Waals surface area contributed by atoms with Gasteiger partial charge >= 0.3 is 0 Å². The van der Waals surface area contributed by atoms with E-state index in [2.05, 4.69) is 23.4 Å². The molecule has 0 saturated carbocycles. The van der Waals surface area contributed by atoms with Gasteiger partial charge in [-0.25, -0.2) is 0 Å². The first-order chi connectivity index (χ1) is 12.1. The Balaban J connectivity index is 0.000000705. The lowest BCUT2D eigenvalue weighted by molar-refractivity contribution is 1.06. The molecule has 0 bridgehead atoms. The topological polar surface area (TPSA) is 30.7 Å². The average Bonchev–Trinajstić information content (AvgIpc) is 3.11. The zero-order chi connectivity index (χ0) is 18.7. The average molecular weight is 333 g/mol. The minimum atomic E-state index is 0.748. The highest BCUT2D eigenvalue weighted by Crippen LogP contribution is 2.26. The van der Waals surface area contributed by atoms with Crippen LogP contribution < -0.4 is 0 Å². The van der Waals surface area contributed by atoms with Gasteiger partial charge in [0.05, 0.1) is 0 Å². The number of benzene rings is 1. The van der Waals surface area contributed by atoms with E-state index in [0.29, 0.717) is 0 Å². The zero-order valence-electron chi connectivity index (χ0n) is 15.6. The Labute approximate surface area is 151 Å². The van der Waals surface area contributed by atoms with Gasteiger partial charge in [0, 0.05) is 16.8 Å². The van der Waals surface area contributed by atoms with Gasteiger partial charge < -0.3 is 0 Å². The third kappa shape index (κ3) is 5.28. The third-order valence-electron chi connectivity index (χ3n) is 3.47. The quantitative estimate of drug-likeness (QED) is 0.484. The van der Waals surface area contributed by atoms with Crippen LogP contribution in [0.2, 0.25) is 0 Å². The number of nitrogens with zero attached hydrogens (tertiary/aromatic N) is 3. The molecule has 0 aliphatic carbocycles. The van der Waals surface area contributed by atoms with Crippen LogP contribution in [0, 0.1) is 0 Å². The van der Waals surface area contributed by atoms with Gasteiger partial charge in [-0.15, -0.1) is 10.2 Å². The van der Waals surface area contributed by atoms with Crippen molar-refractivity contribution in [3.05, 3.63) is 85.8 Å². The van der Waals surface area contributed by atoms with Crippen molar-refractivity contribution < 1.29 is 0 Å². The summed E-state index contributed by atoms with van der Waals surface area (Å²) in [5.41, 5.74) is 2.74. The molecule has 0 unspecified atom stereocenters. The van der Waals surface area contributed by atoms with Crippen LogP contribution in [-0.2, 0) is 0 Å². The molecule has 0 saturated heterocycles. The summed E-state index contributed by atoms with van der Waals surface area (Å²) in [6, 6.07) is 9.95. The SMILES string of the molecule is C/C=C\C.C=CC(=C)n1c(C(/C=C\C)=C/C)nnc1-c1ccccc1. The minimum absolute atomic E-state index is 0.748. The number of hydrogen-bond donors (Lipinski definition) is 0. The van der Waals surface area contributed by atoms with Gasteiger partial charge in [-0.05, 0) is 33.8 Å². The summed E-state index contributed by atoms with van der Waals surface area (Å²) < 4.78 is 1.93. The summed E-state index contributed by atoms with van der Waals surface area (Å²) in [7, 11) is 0. The third-order valence-corrected chi connectivity index (χ3v) is 3.47. The molecule has 2 aromatic rings. The van der Waals surface area contributed by atoms with E-state index in [-0.39, 0.29) is 0 Å². The molecule has 3 nitrogen and oxygen atoms in total. The molecule has 3 heteroatoms. The summed E-state index contributed by atoms with van der Waals surface area (Å²) >= 11 is 0. The van der Waals surface area contributed by atoms with Crippen molar-refractivity contribution in [3.8, 4) is 11.4 Å². The molecule has 0 aliphatic heterocycles. The van der Waals surface area contributed by atoms with Gasteiger partial charge in [0.2, 0.25) is 0 Å². The summed E-state index contributed by atoms with van der Waals surface area (Å²) in [6.07, 6.45) is 11.7. The van der Waals surface area contributed by atoms with E-state index in [1.807, 2.05) is 93.0 Å². The standard InChI is InChI=1S/C18H19N3.C4H8/c1-5-11-15(7-3)17-19-20-18(21(17)14(4)6-2)16-12-9-8-10-13-16;1-3-4-2/h5-13H,2,4H2,1,3H3;3-4H,1-2H3/b11-5-,15-7+;4-3-. The summed E-state index contributed by atoms with van der Waals surface area (Å²) in [4.78, 5) is 0. The van der Waals surface area contributed by atoms with Crippen LogP contribution in [0.15, 0.2) is 79.9 Å². The largest absolute Gasteiger partial charge is 0.276 e. The number of allylic oxidation sites excluding steroid dienone is 8. The van der Waals surface area contributed by atoms with Crippen molar-refractivity contribution >= 4 is 11.3 Å². The lowest BCUT2D eigenvalue weighted by Crippen LogP contribution is -2.02. The molecule has 2 rings (SSSR count). The molecule has 0 amide bonds. The first kappa shape index (κ1) is 20.1. The van der Waals surface area contributed by atoms with Crippen molar-refractivity contribution in [2.75, 3.05) is 0 Å². The van der Waals surface area contributed by atoms with Crippen LogP contribution in [-0.4, -0.2) is 14.8 Å². The van der Waals surface area contributed by atoms with Gasteiger partial charge in [0.1, 0.15) is 0 Å². The number of aromatic nitrogens is 3. The molecule has 1 aromatic carbocycles. The molecule has 1 aromatic heterocycles. The summed E-state index contributed by atoms with van der Waals surface area (Å²) in [5.74, 6) is 1.53. The minimum Gasteiger partial charge on any atom is -0.276 e. The molecular weight excluding hydrogens is 306 g/mol. The lowest BCUT2D eigenvalue weighted by atomic mass is 10.2. The maximum atomic E-state index is 4.34. The fourth-order valence-corrected chi connectivity index (χ4v) is 2.09. The van der Waals surface area contributed by atoms with Crippen molar-refractivity contribution in [1.29, 1.82) is 0 Å². The second-order valence-corrected chi connectivity index (χ2v) is 5.15. The van der Waals surface area contributed by atoms with Crippen molar-refractivity contribution in [1.82, 2.24) is 14.8 Å². The molecule has 0 radical (unpaired) electrons. The van der Waals surface area contributed by atoms with Crippen molar-refractivity contribution in [3.63, 3.8) is 0 Å². The van der Waals surface area contributed by atoms with E-state index in [1.54, 1.807) is 6.08 Å². The molecule has 0 atom stereocenters. The van der Waals surface area contributed by atoms with Crippen LogP contribution >= 0.6 is 0 Å². The molecule has 0 N–H and O–H groups in total. The number of hydrogen-bond acceptors (Lipinski definition) is 2. The highest BCUT2D eigenvalue weighted by atomic mass is 15.3. The van der Waals surface area contributed by atoms with Crippen LogP contribution in [0.1, 0.15) is 33.5 Å². The van der Waals surface area contributed by atoms with Gasteiger partial charge in [-0.2, -0.15) is 0 Å². The fraction of sp³-hybridized carbons (Fsp3) is 0.182. The zero-order valence-corrected chi connectivity index (χ0v) is 15.6. The molecule has 130 valence electrons. The summed E-state index contributed by atoms with van der Waals surface area (Å²) in [6.45, 7) is 15.8. The Morgan fingerprint density at radius 3 is 2.08 bits per heavy atom. The van der Waals surface area contributed by atoms with E-state index in [1.165, 1.54) is 0 Å².